The Balaban J connectivity index is 2.13. The highest BCUT2D eigenvalue weighted by atomic mass is 32.1. The Labute approximate surface area is 100.0 Å². The van der Waals surface area contributed by atoms with Gasteiger partial charge in [-0.1, -0.05) is 23.5 Å². The molecule has 0 saturated carbocycles. The van der Waals surface area contributed by atoms with Crippen molar-refractivity contribution in [2.24, 2.45) is 5.10 Å². The number of hydrogen-bond donors (Lipinski definition) is 1. The molecule has 0 amide bonds. The van der Waals surface area contributed by atoms with E-state index in [-0.39, 0.29) is 5.69 Å². The van der Waals surface area contributed by atoms with Gasteiger partial charge in [0.2, 0.25) is 5.13 Å². The number of nitrogens with zero attached hydrogens (tertiary/aromatic N) is 4. The SMILES string of the molecule is O=[N+]([O-])c1ccccc1/C=N/Nc1nncs1. The third kappa shape index (κ3) is 2.82. The highest BCUT2D eigenvalue weighted by Gasteiger charge is 2.09. The van der Waals surface area contributed by atoms with Crippen LogP contribution in [-0.2, 0) is 0 Å². The normalized spacial score (nSPS) is 10.6. The van der Waals surface area contributed by atoms with E-state index in [4.69, 9.17) is 0 Å². The van der Waals surface area contributed by atoms with E-state index >= 15 is 0 Å². The van der Waals surface area contributed by atoms with Crippen molar-refractivity contribution in [3.63, 3.8) is 0 Å². The molecule has 0 aliphatic carbocycles. The Hall–Kier alpha value is -2.35. The minimum atomic E-state index is -0.452. The number of aromatic nitrogens is 2. The summed E-state index contributed by atoms with van der Waals surface area (Å²) in [6.07, 6.45) is 1.37. The molecule has 0 aliphatic heterocycles. The predicted molar refractivity (Wildman–Crippen MR) is 64.2 cm³/mol. The molecule has 17 heavy (non-hydrogen) atoms. The van der Waals surface area contributed by atoms with Gasteiger partial charge < -0.3 is 0 Å². The molecule has 1 aromatic carbocycles. The van der Waals surface area contributed by atoms with Crippen LogP contribution in [0.25, 0.3) is 0 Å². The van der Waals surface area contributed by atoms with Crippen LogP contribution in [0.15, 0.2) is 34.9 Å². The summed E-state index contributed by atoms with van der Waals surface area (Å²) < 4.78 is 0. The molecule has 2 aromatic rings. The van der Waals surface area contributed by atoms with Crippen LogP contribution < -0.4 is 5.43 Å². The predicted octanol–water partition coefficient (Wildman–Crippen LogP) is 1.89. The average Bonchev–Trinajstić information content (AvgIpc) is 2.82. The summed E-state index contributed by atoms with van der Waals surface area (Å²) in [5.74, 6) is 0. The monoisotopic (exact) mass is 249 g/mol. The Morgan fingerprint density at radius 1 is 1.47 bits per heavy atom. The molecule has 86 valence electrons. The number of rotatable bonds is 4. The molecule has 0 radical (unpaired) electrons. The quantitative estimate of drug-likeness (QED) is 0.507. The van der Waals surface area contributed by atoms with E-state index in [1.54, 1.807) is 23.7 Å². The van der Waals surface area contributed by atoms with Crippen molar-refractivity contribution in [3.05, 3.63) is 45.5 Å². The Morgan fingerprint density at radius 3 is 3.00 bits per heavy atom. The number of hydrogen-bond acceptors (Lipinski definition) is 7. The van der Waals surface area contributed by atoms with Gasteiger partial charge in [-0.3, -0.25) is 15.5 Å². The molecule has 1 heterocycles. The molecule has 0 bridgehead atoms. The number of para-hydroxylation sites is 1. The molecule has 0 unspecified atom stereocenters. The van der Waals surface area contributed by atoms with Crippen molar-refractivity contribution in [2.75, 3.05) is 5.43 Å². The van der Waals surface area contributed by atoms with Crippen molar-refractivity contribution in [1.29, 1.82) is 0 Å². The molecule has 0 fully saturated rings. The molecule has 7 nitrogen and oxygen atoms in total. The van der Waals surface area contributed by atoms with Gasteiger partial charge in [-0.15, -0.1) is 10.2 Å². The number of nitro benzene ring substituents is 1. The van der Waals surface area contributed by atoms with E-state index in [0.29, 0.717) is 10.7 Å². The van der Waals surface area contributed by atoms with E-state index in [1.165, 1.54) is 23.6 Å². The molecule has 1 N–H and O–H groups in total. The highest BCUT2D eigenvalue weighted by Crippen LogP contribution is 2.15. The van der Waals surface area contributed by atoms with E-state index < -0.39 is 4.92 Å². The van der Waals surface area contributed by atoms with Gasteiger partial charge in [0.05, 0.1) is 16.7 Å². The van der Waals surface area contributed by atoms with Gasteiger partial charge in [0.15, 0.2) is 0 Å². The second-order valence-electron chi connectivity index (χ2n) is 2.93. The summed E-state index contributed by atoms with van der Waals surface area (Å²) in [5, 5.41) is 22.4. The average molecular weight is 249 g/mol. The van der Waals surface area contributed by atoms with E-state index in [9.17, 15) is 10.1 Å². The molecule has 0 saturated heterocycles. The molecule has 0 spiro atoms. The fraction of sp³-hybridized carbons (Fsp3) is 0. The van der Waals surface area contributed by atoms with E-state index in [2.05, 4.69) is 20.7 Å². The second kappa shape index (κ2) is 5.12. The van der Waals surface area contributed by atoms with Crippen LogP contribution in [0.1, 0.15) is 5.56 Å². The van der Waals surface area contributed by atoms with Gasteiger partial charge in [-0.25, -0.2) is 0 Å². The van der Waals surface area contributed by atoms with Crippen LogP contribution in [-0.4, -0.2) is 21.3 Å². The lowest BCUT2D eigenvalue weighted by Crippen LogP contribution is -1.95. The van der Waals surface area contributed by atoms with E-state index in [1.807, 2.05) is 0 Å². The van der Waals surface area contributed by atoms with Crippen LogP contribution in [0.3, 0.4) is 0 Å². The topological polar surface area (TPSA) is 93.3 Å². The summed E-state index contributed by atoms with van der Waals surface area (Å²) in [6.45, 7) is 0. The van der Waals surface area contributed by atoms with Crippen molar-refractivity contribution < 1.29 is 4.92 Å². The van der Waals surface area contributed by atoms with Gasteiger partial charge in [0, 0.05) is 6.07 Å². The molecular weight excluding hydrogens is 242 g/mol. The number of benzene rings is 1. The van der Waals surface area contributed by atoms with Crippen molar-refractivity contribution in [2.45, 2.75) is 0 Å². The minimum absolute atomic E-state index is 0.00955. The maximum absolute atomic E-state index is 10.7. The standard InChI is InChI=1S/C9H7N5O2S/c15-14(16)8-4-2-1-3-7(8)5-10-12-9-13-11-6-17-9/h1-6H,(H,12,13)/b10-5+. The summed E-state index contributed by atoms with van der Waals surface area (Å²) in [4.78, 5) is 10.3. The summed E-state index contributed by atoms with van der Waals surface area (Å²) in [5.41, 5.74) is 4.62. The fourth-order valence-electron chi connectivity index (χ4n) is 1.14. The summed E-state index contributed by atoms with van der Waals surface area (Å²) >= 11 is 1.29. The minimum Gasteiger partial charge on any atom is -0.258 e. The van der Waals surface area contributed by atoms with Gasteiger partial charge in [0.25, 0.3) is 5.69 Å². The molecule has 0 aliphatic rings. The smallest absolute Gasteiger partial charge is 0.258 e. The van der Waals surface area contributed by atoms with Crippen LogP contribution >= 0.6 is 11.3 Å². The molecule has 1 aromatic heterocycles. The van der Waals surface area contributed by atoms with Crippen LogP contribution in [0, 0.1) is 10.1 Å². The first-order chi connectivity index (χ1) is 8.27. The van der Waals surface area contributed by atoms with Gasteiger partial charge in [-0.2, -0.15) is 5.10 Å². The Morgan fingerprint density at radius 2 is 2.29 bits per heavy atom. The fourth-order valence-corrected chi connectivity index (χ4v) is 1.54. The van der Waals surface area contributed by atoms with Crippen LogP contribution in [0.2, 0.25) is 0 Å². The third-order valence-electron chi connectivity index (χ3n) is 1.86. The lowest BCUT2D eigenvalue weighted by Gasteiger charge is -1.96. The van der Waals surface area contributed by atoms with Crippen molar-refractivity contribution in [3.8, 4) is 0 Å². The number of nitro groups is 1. The largest absolute Gasteiger partial charge is 0.278 e. The summed E-state index contributed by atoms with van der Waals surface area (Å²) in [7, 11) is 0. The first kappa shape index (κ1) is 11.1. The first-order valence-corrected chi connectivity index (χ1v) is 5.44. The lowest BCUT2D eigenvalue weighted by atomic mass is 10.2. The van der Waals surface area contributed by atoms with Gasteiger partial charge in [0.1, 0.15) is 5.51 Å². The zero-order valence-corrected chi connectivity index (χ0v) is 9.29. The zero-order chi connectivity index (χ0) is 12.1. The van der Waals surface area contributed by atoms with Crippen molar-refractivity contribution in [1.82, 2.24) is 10.2 Å². The summed E-state index contributed by atoms with van der Waals surface area (Å²) in [6, 6.07) is 6.35. The van der Waals surface area contributed by atoms with Gasteiger partial charge >= 0.3 is 0 Å². The molecular formula is C9H7N5O2S. The third-order valence-corrected chi connectivity index (χ3v) is 2.45. The first-order valence-electron chi connectivity index (χ1n) is 4.56. The maximum Gasteiger partial charge on any atom is 0.278 e. The van der Waals surface area contributed by atoms with E-state index in [0.717, 1.165) is 0 Å². The Bertz CT molecular complexity index is 540. The molecule has 8 heteroatoms. The van der Waals surface area contributed by atoms with Crippen LogP contribution in [0.4, 0.5) is 10.8 Å². The number of nitrogens with one attached hydrogen (secondary N) is 1. The van der Waals surface area contributed by atoms with Crippen molar-refractivity contribution >= 4 is 28.4 Å². The van der Waals surface area contributed by atoms with Crippen LogP contribution in [0.5, 0.6) is 0 Å². The number of anilines is 1. The molecule has 0 atom stereocenters. The lowest BCUT2D eigenvalue weighted by molar-refractivity contribution is -0.385. The second-order valence-corrected chi connectivity index (χ2v) is 3.76. The zero-order valence-electron chi connectivity index (χ0n) is 8.48. The van der Waals surface area contributed by atoms with Gasteiger partial charge in [-0.05, 0) is 6.07 Å². The maximum atomic E-state index is 10.7. The number of hydrazone groups is 1. The Kier molecular flexibility index (Phi) is 3.36. The molecule has 2 rings (SSSR count). The highest BCUT2D eigenvalue weighted by molar-refractivity contribution is 7.13.